The lowest BCUT2D eigenvalue weighted by Crippen LogP contribution is -2.21. The molecule has 1 aromatic carbocycles. The Morgan fingerprint density at radius 2 is 1.88 bits per heavy atom. The van der Waals surface area contributed by atoms with Gasteiger partial charge in [0.2, 0.25) is 0 Å². The van der Waals surface area contributed by atoms with E-state index in [4.69, 9.17) is 10.5 Å². The minimum Gasteiger partial charge on any atom is -0.493 e. The first-order valence-corrected chi connectivity index (χ1v) is 5.51. The SMILES string of the molecule is Cc1cc(OCCC(C)(C)O)c(C)cc1N. The lowest BCUT2D eigenvalue weighted by Gasteiger charge is -2.18. The van der Waals surface area contributed by atoms with Crippen molar-refractivity contribution in [1.82, 2.24) is 0 Å². The molecule has 3 N–H and O–H groups in total. The zero-order valence-electron chi connectivity index (χ0n) is 10.5. The van der Waals surface area contributed by atoms with Crippen molar-refractivity contribution in [3.63, 3.8) is 0 Å². The fourth-order valence-corrected chi connectivity index (χ4v) is 1.38. The molecule has 0 unspecified atom stereocenters. The van der Waals surface area contributed by atoms with Gasteiger partial charge in [0.15, 0.2) is 0 Å². The molecule has 0 aliphatic carbocycles. The number of benzene rings is 1. The summed E-state index contributed by atoms with van der Waals surface area (Å²) in [6.07, 6.45) is 0.607. The number of aryl methyl sites for hydroxylation is 2. The predicted molar refractivity (Wildman–Crippen MR) is 66.7 cm³/mol. The van der Waals surface area contributed by atoms with Crippen LogP contribution in [0.5, 0.6) is 5.75 Å². The van der Waals surface area contributed by atoms with E-state index in [0.29, 0.717) is 13.0 Å². The van der Waals surface area contributed by atoms with Crippen molar-refractivity contribution in [2.75, 3.05) is 12.3 Å². The largest absolute Gasteiger partial charge is 0.493 e. The average Bonchev–Trinajstić information content (AvgIpc) is 2.11. The second-order valence-corrected chi connectivity index (χ2v) is 4.89. The van der Waals surface area contributed by atoms with Crippen molar-refractivity contribution in [3.05, 3.63) is 23.3 Å². The van der Waals surface area contributed by atoms with Crippen LogP contribution >= 0.6 is 0 Å². The molecular weight excluding hydrogens is 202 g/mol. The van der Waals surface area contributed by atoms with Gasteiger partial charge in [-0.2, -0.15) is 0 Å². The van der Waals surface area contributed by atoms with Gasteiger partial charge >= 0.3 is 0 Å². The summed E-state index contributed by atoms with van der Waals surface area (Å²) in [4.78, 5) is 0. The van der Waals surface area contributed by atoms with Gasteiger partial charge in [-0.3, -0.25) is 0 Å². The summed E-state index contributed by atoms with van der Waals surface area (Å²) in [6, 6.07) is 3.85. The van der Waals surface area contributed by atoms with Crippen LogP contribution in [0, 0.1) is 13.8 Å². The maximum atomic E-state index is 9.56. The molecule has 0 radical (unpaired) electrons. The van der Waals surface area contributed by atoms with Gasteiger partial charge in [-0.05, 0) is 51.0 Å². The highest BCUT2D eigenvalue weighted by Crippen LogP contribution is 2.24. The van der Waals surface area contributed by atoms with Crippen molar-refractivity contribution in [1.29, 1.82) is 0 Å². The topological polar surface area (TPSA) is 55.5 Å². The Hall–Kier alpha value is -1.22. The second-order valence-electron chi connectivity index (χ2n) is 4.89. The summed E-state index contributed by atoms with van der Waals surface area (Å²) in [5.74, 6) is 0.843. The molecule has 0 amide bonds. The summed E-state index contributed by atoms with van der Waals surface area (Å²) in [6.45, 7) is 7.98. The molecule has 1 aromatic rings. The first kappa shape index (κ1) is 12.8. The van der Waals surface area contributed by atoms with Gasteiger partial charge in [-0.15, -0.1) is 0 Å². The Bertz CT molecular complexity index is 367. The standard InChI is InChI=1S/C13H21NO2/c1-9-8-12(10(2)7-11(9)14)16-6-5-13(3,4)15/h7-8,15H,5-6,14H2,1-4H3. The highest BCUT2D eigenvalue weighted by molar-refractivity contribution is 5.53. The number of aliphatic hydroxyl groups is 1. The van der Waals surface area contributed by atoms with Gasteiger partial charge in [0.05, 0.1) is 12.2 Å². The summed E-state index contributed by atoms with van der Waals surface area (Å²) in [5, 5.41) is 9.56. The van der Waals surface area contributed by atoms with Crippen LogP contribution in [0.3, 0.4) is 0 Å². The number of hydrogen-bond acceptors (Lipinski definition) is 3. The van der Waals surface area contributed by atoms with Crippen molar-refractivity contribution >= 4 is 5.69 Å². The van der Waals surface area contributed by atoms with Crippen LogP contribution in [0.1, 0.15) is 31.4 Å². The molecule has 1 rings (SSSR count). The summed E-state index contributed by atoms with van der Waals surface area (Å²) >= 11 is 0. The average molecular weight is 223 g/mol. The molecular formula is C13H21NO2. The molecule has 0 bridgehead atoms. The monoisotopic (exact) mass is 223 g/mol. The van der Waals surface area contributed by atoms with Crippen molar-refractivity contribution in [2.24, 2.45) is 0 Å². The molecule has 3 heteroatoms. The number of anilines is 1. The van der Waals surface area contributed by atoms with E-state index in [1.165, 1.54) is 0 Å². The number of rotatable bonds is 4. The summed E-state index contributed by atoms with van der Waals surface area (Å²) in [7, 11) is 0. The van der Waals surface area contributed by atoms with Crippen LogP contribution in [-0.2, 0) is 0 Å². The maximum Gasteiger partial charge on any atom is 0.122 e. The Morgan fingerprint density at radius 1 is 1.25 bits per heavy atom. The van der Waals surface area contributed by atoms with Gasteiger partial charge in [-0.1, -0.05) is 0 Å². The van der Waals surface area contributed by atoms with E-state index in [1.807, 2.05) is 26.0 Å². The first-order chi connectivity index (χ1) is 7.29. The minimum atomic E-state index is -0.684. The van der Waals surface area contributed by atoms with E-state index in [1.54, 1.807) is 13.8 Å². The molecule has 0 saturated carbocycles. The van der Waals surface area contributed by atoms with Crippen molar-refractivity contribution < 1.29 is 9.84 Å². The fraction of sp³-hybridized carbons (Fsp3) is 0.538. The van der Waals surface area contributed by atoms with Crippen LogP contribution in [-0.4, -0.2) is 17.3 Å². The van der Waals surface area contributed by atoms with Gasteiger partial charge in [0.1, 0.15) is 5.75 Å². The third-order valence-electron chi connectivity index (χ3n) is 2.54. The number of ether oxygens (including phenoxy) is 1. The van der Waals surface area contributed by atoms with E-state index in [9.17, 15) is 5.11 Å². The molecule has 0 aromatic heterocycles. The normalized spacial score (nSPS) is 11.6. The maximum absolute atomic E-state index is 9.56. The van der Waals surface area contributed by atoms with Crippen LogP contribution in [0.15, 0.2) is 12.1 Å². The summed E-state index contributed by atoms with van der Waals surface area (Å²) in [5.41, 5.74) is 7.94. The van der Waals surface area contributed by atoms with E-state index in [2.05, 4.69) is 0 Å². The van der Waals surface area contributed by atoms with E-state index in [0.717, 1.165) is 22.6 Å². The summed E-state index contributed by atoms with van der Waals surface area (Å²) < 4.78 is 5.63. The Labute approximate surface area is 97.2 Å². The zero-order valence-corrected chi connectivity index (χ0v) is 10.5. The number of hydrogen-bond donors (Lipinski definition) is 2. The molecule has 0 atom stereocenters. The molecule has 0 heterocycles. The Balaban J connectivity index is 2.64. The minimum absolute atomic E-state index is 0.508. The highest BCUT2D eigenvalue weighted by atomic mass is 16.5. The number of nitrogens with two attached hydrogens (primary N) is 1. The van der Waals surface area contributed by atoms with Crippen LogP contribution < -0.4 is 10.5 Å². The van der Waals surface area contributed by atoms with E-state index < -0.39 is 5.60 Å². The Morgan fingerprint density at radius 3 is 2.44 bits per heavy atom. The molecule has 16 heavy (non-hydrogen) atoms. The van der Waals surface area contributed by atoms with Crippen LogP contribution in [0.2, 0.25) is 0 Å². The molecule has 0 aliphatic heterocycles. The van der Waals surface area contributed by atoms with Crippen molar-refractivity contribution in [2.45, 2.75) is 39.7 Å². The predicted octanol–water partition coefficient (Wildman–Crippen LogP) is 2.43. The van der Waals surface area contributed by atoms with Gasteiger partial charge in [-0.25, -0.2) is 0 Å². The lowest BCUT2D eigenvalue weighted by molar-refractivity contribution is 0.0552. The smallest absolute Gasteiger partial charge is 0.122 e. The fourth-order valence-electron chi connectivity index (χ4n) is 1.38. The van der Waals surface area contributed by atoms with Crippen LogP contribution in [0.25, 0.3) is 0 Å². The Kier molecular flexibility index (Phi) is 3.81. The highest BCUT2D eigenvalue weighted by Gasteiger charge is 2.12. The van der Waals surface area contributed by atoms with E-state index in [-0.39, 0.29) is 0 Å². The van der Waals surface area contributed by atoms with Gasteiger partial charge in [0.25, 0.3) is 0 Å². The second kappa shape index (κ2) is 4.74. The molecule has 0 spiro atoms. The molecule has 0 saturated heterocycles. The van der Waals surface area contributed by atoms with E-state index >= 15 is 0 Å². The quantitative estimate of drug-likeness (QED) is 0.771. The van der Waals surface area contributed by atoms with Gasteiger partial charge in [0, 0.05) is 12.1 Å². The number of nitrogen functional groups attached to an aromatic ring is 1. The molecule has 90 valence electrons. The third-order valence-corrected chi connectivity index (χ3v) is 2.54. The van der Waals surface area contributed by atoms with Crippen LogP contribution in [0.4, 0.5) is 5.69 Å². The first-order valence-electron chi connectivity index (χ1n) is 5.51. The lowest BCUT2D eigenvalue weighted by atomic mass is 10.1. The third kappa shape index (κ3) is 3.74. The zero-order chi connectivity index (χ0) is 12.3. The van der Waals surface area contributed by atoms with Gasteiger partial charge < -0.3 is 15.6 Å². The van der Waals surface area contributed by atoms with Crippen molar-refractivity contribution in [3.8, 4) is 5.75 Å². The molecule has 0 aliphatic rings. The molecule has 3 nitrogen and oxygen atoms in total. The molecule has 0 fully saturated rings.